The number of hydrogen-bond acceptors (Lipinski definition) is 14. The highest BCUT2D eigenvalue weighted by atomic mass is 32.2. The average molecular weight is 1060 g/mol. The quantitative estimate of drug-likeness (QED) is 0.0465. The molecule has 0 unspecified atom stereocenters. The lowest BCUT2D eigenvalue weighted by atomic mass is 9.94. The second-order valence-electron chi connectivity index (χ2n) is 18.0. The molecule has 2 amide bonds. The van der Waals surface area contributed by atoms with Crippen LogP contribution in [-0.2, 0) is 20.0 Å². The topological polar surface area (TPSA) is 287 Å². The van der Waals surface area contributed by atoms with Crippen LogP contribution in [0.2, 0.25) is 0 Å². The molecule has 0 bridgehead atoms. The van der Waals surface area contributed by atoms with Gasteiger partial charge < -0.3 is 21.1 Å². The highest BCUT2D eigenvalue weighted by Crippen LogP contribution is 2.37. The minimum atomic E-state index is -4.24. The molecule has 5 aromatic heterocycles. The van der Waals surface area contributed by atoms with E-state index < -0.39 is 37.9 Å². The van der Waals surface area contributed by atoms with Gasteiger partial charge in [-0.2, -0.15) is 37.6 Å². The zero-order valence-corrected chi connectivity index (χ0v) is 44.4. The summed E-state index contributed by atoms with van der Waals surface area (Å²) in [6.07, 6.45) is 8.88. The summed E-state index contributed by atoms with van der Waals surface area (Å²) in [5.41, 5.74) is 11.4. The number of nitrogens with zero attached hydrogens (tertiary/aromatic N) is 11. The number of halogens is 2. The van der Waals surface area contributed by atoms with Crippen molar-refractivity contribution in [2.45, 2.75) is 89.4 Å². The number of benzene rings is 2. The van der Waals surface area contributed by atoms with Crippen LogP contribution in [0.1, 0.15) is 102 Å². The van der Waals surface area contributed by atoms with Crippen molar-refractivity contribution in [2.24, 2.45) is 4.40 Å². The monoisotopic (exact) mass is 1060 g/mol. The van der Waals surface area contributed by atoms with Gasteiger partial charge >= 0.3 is 16.1 Å². The Kier molecular flexibility index (Phi) is 18.6. The van der Waals surface area contributed by atoms with Crippen LogP contribution < -0.4 is 30.3 Å². The van der Waals surface area contributed by atoms with Gasteiger partial charge in [0.2, 0.25) is 5.03 Å². The van der Waals surface area contributed by atoms with Crippen molar-refractivity contribution in [2.75, 3.05) is 30.0 Å². The first-order chi connectivity index (χ1) is 35.2. The number of nitrogens with two attached hydrogens (primary N) is 1. The molecule has 5 heterocycles. The number of nitrogens with one attached hydrogen (secondary N) is 2. The molecule has 0 fully saturated rings. The van der Waals surface area contributed by atoms with Gasteiger partial charge in [0.25, 0.3) is 16.0 Å². The second kappa shape index (κ2) is 24.4. The highest BCUT2D eigenvalue weighted by Gasteiger charge is 2.26. The second-order valence-corrected chi connectivity index (χ2v) is 21.2. The molecular formula is C51H56F2N14O6S2. The number of aromatic nitrogens is 7. The number of carbonyl (C=O) groups is 1. The number of nitrogen functional groups attached to an aromatic ring is 1. The van der Waals surface area contributed by atoms with Crippen LogP contribution >= 0.6 is 0 Å². The molecule has 20 nitrogen and oxygen atoms in total. The first kappa shape index (κ1) is 57.3. The molecule has 7 rings (SSSR count). The van der Waals surface area contributed by atoms with Gasteiger partial charge in [-0.25, -0.2) is 32.8 Å². The fourth-order valence-electron chi connectivity index (χ4n) is 6.98. The standard InChI is InChI=1S/C22H23FN6O3S.C15H14FN3.C14H19N5O3S/c1-13(2)18-10-16(23)11-19(15-5-7-25-17(9-15)12-24)21(18)26-22(30)28-33(31,32)20-6-8-29(27-20)14(3)4;1-9(2)13-6-11(16)7-14(15(13)18)10-3-4-19-12(5-10)8-17;1-11(2)19-10-7-13(15-19)23(21,22)16-14(20)18-8-5-12(6-9-18)17(3)4/h5-11,13-14H,1-4H3,(H2,26,28,30);3-7,9H,18H2,1-2H3;5-11H,1-4H3. The lowest BCUT2D eigenvalue weighted by Gasteiger charge is -2.19. The molecule has 2 aromatic carbocycles. The van der Waals surface area contributed by atoms with Gasteiger partial charge in [0.05, 0.1) is 18.1 Å². The van der Waals surface area contributed by atoms with Gasteiger partial charge in [-0.1, -0.05) is 27.7 Å². The summed E-state index contributed by atoms with van der Waals surface area (Å²) in [4.78, 5) is 22.4. The van der Waals surface area contributed by atoms with Gasteiger partial charge in [-0.3, -0.25) is 9.36 Å². The largest absolute Gasteiger partial charge is 0.806 e. The van der Waals surface area contributed by atoms with Gasteiger partial charge in [0.15, 0.2) is 5.03 Å². The highest BCUT2D eigenvalue weighted by molar-refractivity contribution is 7.90. The number of pyridine rings is 3. The smallest absolute Gasteiger partial charge is 0.388 e. The van der Waals surface area contributed by atoms with Crippen LogP contribution in [0.25, 0.3) is 22.3 Å². The van der Waals surface area contributed by atoms with Crippen LogP contribution in [0.5, 0.6) is 0 Å². The Morgan fingerprint density at radius 2 is 1.21 bits per heavy atom. The minimum absolute atomic E-state index is 0.0163. The molecule has 4 N–H and O–H groups in total. The van der Waals surface area contributed by atoms with E-state index in [9.17, 15) is 35.5 Å². The van der Waals surface area contributed by atoms with E-state index in [1.54, 1.807) is 30.3 Å². The number of anilines is 3. The number of sulfonamides is 2. The third-order valence-electron chi connectivity index (χ3n) is 10.9. The normalized spacial score (nSPS) is 11.6. The third kappa shape index (κ3) is 14.8. The van der Waals surface area contributed by atoms with Crippen LogP contribution in [0.3, 0.4) is 0 Å². The summed E-state index contributed by atoms with van der Waals surface area (Å²) < 4.78 is 87.0. The van der Waals surface area contributed by atoms with E-state index >= 15 is 0 Å². The van der Waals surface area contributed by atoms with Crippen molar-refractivity contribution in [3.63, 3.8) is 0 Å². The van der Waals surface area contributed by atoms with Gasteiger partial charge in [0, 0.05) is 90.0 Å². The maximum absolute atomic E-state index is 14.4. The van der Waals surface area contributed by atoms with Crippen molar-refractivity contribution in [1.29, 1.82) is 10.5 Å². The Labute approximate surface area is 434 Å². The first-order valence-electron chi connectivity index (χ1n) is 23.1. The minimum Gasteiger partial charge on any atom is -0.806 e. The molecule has 0 atom stereocenters. The molecule has 7 aromatic rings. The number of urea groups is 1. The number of hydrogen-bond donors (Lipinski definition) is 3. The molecule has 0 radical (unpaired) electrons. The number of nitriles is 2. The van der Waals surface area contributed by atoms with Crippen molar-refractivity contribution < 1.29 is 40.1 Å². The summed E-state index contributed by atoms with van der Waals surface area (Å²) >= 11 is 0. The molecule has 0 aliphatic carbocycles. The molecule has 392 valence electrons. The Morgan fingerprint density at radius 1 is 0.733 bits per heavy atom. The lowest BCUT2D eigenvalue weighted by molar-refractivity contribution is -0.613. The summed E-state index contributed by atoms with van der Waals surface area (Å²) in [7, 11) is -4.65. The maximum Gasteiger partial charge on any atom is 0.388 e. The molecule has 0 saturated carbocycles. The molecule has 0 spiro atoms. The predicted molar refractivity (Wildman–Crippen MR) is 277 cm³/mol. The van der Waals surface area contributed by atoms with Gasteiger partial charge in [-0.05, 0) is 122 Å². The van der Waals surface area contributed by atoms with Crippen LogP contribution in [0.15, 0.2) is 124 Å². The van der Waals surface area contributed by atoms with E-state index in [-0.39, 0.29) is 62.4 Å². The Balaban J connectivity index is 0.000000218. The number of carbonyl (C=O) groups excluding carboxylic acids is 1. The molecule has 0 aliphatic rings. The molecule has 75 heavy (non-hydrogen) atoms. The van der Waals surface area contributed by atoms with E-state index in [0.29, 0.717) is 27.9 Å². The van der Waals surface area contributed by atoms with Gasteiger partial charge in [-0.15, -0.1) is 0 Å². The molecular weight excluding hydrogens is 1010 g/mol. The molecule has 24 heteroatoms. The maximum atomic E-state index is 14.4. The number of amides is 2. The first-order valence-corrected chi connectivity index (χ1v) is 26.0. The van der Waals surface area contributed by atoms with Crippen molar-refractivity contribution >= 4 is 49.2 Å². The van der Waals surface area contributed by atoms with Crippen LogP contribution in [0.4, 0.5) is 30.6 Å². The Morgan fingerprint density at radius 3 is 1.69 bits per heavy atom. The fourth-order valence-corrected chi connectivity index (χ4v) is 8.64. The van der Waals surface area contributed by atoms with E-state index in [0.717, 1.165) is 15.8 Å². The molecule has 0 aliphatic heterocycles. The fraction of sp³-hybridized carbons (Fsp3) is 0.275. The zero-order chi connectivity index (χ0) is 55.5. The van der Waals surface area contributed by atoms with Crippen LogP contribution in [-0.4, -0.2) is 72.5 Å². The van der Waals surface area contributed by atoms with Gasteiger partial charge in [0.1, 0.15) is 35.2 Å². The zero-order valence-electron chi connectivity index (χ0n) is 42.7. The Bertz CT molecular complexity index is 3530. The van der Waals surface area contributed by atoms with Crippen molar-refractivity contribution in [1.82, 2.24) is 34.3 Å². The van der Waals surface area contributed by atoms with E-state index in [1.807, 2.05) is 91.2 Å². The Hall–Kier alpha value is -8.61. The summed E-state index contributed by atoms with van der Waals surface area (Å²) in [5.74, 6) is -0.942. The van der Waals surface area contributed by atoms with E-state index in [1.165, 1.54) is 89.0 Å². The SMILES string of the molecule is CC(C)c1cc(F)cc(-c2ccnc(C#N)c2)c1N.CC(C)c1cc(F)cc(-c2ccnc(C#N)c2)c1NC(=O)NS(=O)(=O)c1ccn(C(C)C)n1.CC(C)n1ccc(S(=O)(=O)N=C([O-])[n+]2ccc(N(C)C)cc2)n1. The molecule has 0 saturated heterocycles. The lowest BCUT2D eigenvalue weighted by Crippen LogP contribution is -2.51. The van der Waals surface area contributed by atoms with Crippen LogP contribution in [0, 0.1) is 34.3 Å². The predicted octanol–water partition coefficient (Wildman–Crippen LogP) is 7.41. The van der Waals surface area contributed by atoms with E-state index in [2.05, 4.69) is 29.9 Å². The number of rotatable bonds is 12. The third-order valence-corrected chi connectivity index (χ3v) is 13.3. The summed E-state index contributed by atoms with van der Waals surface area (Å²) in [6.45, 7) is 15.0. The van der Waals surface area contributed by atoms with Crippen molar-refractivity contribution in [3.05, 3.63) is 144 Å². The summed E-state index contributed by atoms with van der Waals surface area (Å²) in [6, 6.07) is 19.6. The summed E-state index contributed by atoms with van der Waals surface area (Å²) in [5, 5.41) is 39.9. The van der Waals surface area contributed by atoms with Crippen molar-refractivity contribution in [3.8, 4) is 34.4 Å². The average Bonchev–Trinajstić information content (AvgIpc) is 4.09. The van der Waals surface area contributed by atoms with E-state index in [4.69, 9.17) is 16.3 Å².